The molecule has 1 N–H and O–H groups in total. The lowest BCUT2D eigenvalue weighted by Gasteiger charge is -2.13. The normalized spacial score (nSPS) is 14.4. The van der Waals surface area contributed by atoms with Crippen LogP contribution < -0.4 is 5.32 Å². The summed E-state index contributed by atoms with van der Waals surface area (Å²) in [6, 6.07) is 0. The minimum atomic E-state index is -1.02. The van der Waals surface area contributed by atoms with Crippen LogP contribution in [0.2, 0.25) is 0 Å². The number of halogens is 2. The number of aromatic nitrogens is 1. The minimum Gasteiger partial charge on any atom is -0.501 e. The van der Waals surface area contributed by atoms with Crippen molar-refractivity contribution in [1.82, 2.24) is 4.98 Å². The topological polar surface area (TPSA) is 68.3 Å². The number of Topliss-reactive ketones (excluding diaryl/α,β-unsaturated/α-hetero) is 1. The summed E-state index contributed by atoms with van der Waals surface area (Å²) in [7, 11) is 1.40. The third-order valence-corrected chi connectivity index (χ3v) is 2.67. The summed E-state index contributed by atoms with van der Waals surface area (Å²) in [4.78, 5) is 26.9. The van der Waals surface area contributed by atoms with Gasteiger partial charge in [0.05, 0.1) is 31.5 Å². The number of carbonyl (C=O) groups is 2. The quantitative estimate of drug-likeness (QED) is 0.856. The number of methoxy groups -OCH3 is 1. The van der Waals surface area contributed by atoms with E-state index in [2.05, 4.69) is 4.98 Å². The SMILES string of the molecule is COC1=CC=C(C(=O)Nc2c(F)cncc2F)C(=O)C1. The van der Waals surface area contributed by atoms with Crippen molar-refractivity contribution < 1.29 is 23.1 Å². The van der Waals surface area contributed by atoms with Crippen LogP contribution in [0.5, 0.6) is 0 Å². The molecule has 0 spiro atoms. The Morgan fingerprint density at radius 1 is 1.30 bits per heavy atom. The van der Waals surface area contributed by atoms with Crippen LogP contribution in [0.1, 0.15) is 6.42 Å². The average Bonchev–Trinajstić information content (AvgIpc) is 2.42. The number of ether oxygens (including phenoxy) is 1. The highest BCUT2D eigenvalue weighted by molar-refractivity contribution is 6.24. The van der Waals surface area contributed by atoms with Crippen molar-refractivity contribution in [2.45, 2.75) is 6.42 Å². The van der Waals surface area contributed by atoms with Crippen LogP contribution in [-0.2, 0) is 14.3 Å². The number of hydrogen-bond acceptors (Lipinski definition) is 4. The number of carbonyl (C=O) groups excluding carboxylic acids is 2. The van der Waals surface area contributed by atoms with E-state index in [0.29, 0.717) is 5.76 Å². The Hall–Kier alpha value is -2.57. The molecule has 0 saturated heterocycles. The Bertz CT molecular complexity index is 618. The second-order valence-corrected chi connectivity index (χ2v) is 3.95. The maximum absolute atomic E-state index is 13.3. The van der Waals surface area contributed by atoms with Gasteiger partial charge in [-0.2, -0.15) is 0 Å². The van der Waals surface area contributed by atoms with Crippen molar-refractivity contribution in [3.05, 3.63) is 47.5 Å². The number of allylic oxidation sites excluding steroid dienone is 3. The Balaban J connectivity index is 2.23. The highest BCUT2D eigenvalue weighted by Gasteiger charge is 2.24. The Morgan fingerprint density at radius 3 is 2.50 bits per heavy atom. The summed E-state index contributed by atoms with van der Waals surface area (Å²) in [5.41, 5.74) is -0.832. The molecule has 1 amide bonds. The van der Waals surface area contributed by atoms with Crippen molar-refractivity contribution in [1.29, 1.82) is 0 Å². The first-order valence-electron chi connectivity index (χ1n) is 5.61. The molecule has 0 saturated carbocycles. The van der Waals surface area contributed by atoms with Crippen molar-refractivity contribution >= 4 is 17.4 Å². The standard InChI is InChI=1S/C13H10F2N2O3/c1-20-7-2-3-8(11(18)4-7)13(19)17-12-9(14)5-16-6-10(12)15/h2-3,5-6H,4H2,1H3,(H,16,17,19). The number of hydrogen-bond donors (Lipinski definition) is 1. The zero-order valence-corrected chi connectivity index (χ0v) is 10.4. The van der Waals surface area contributed by atoms with Crippen molar-refractivity contribution in [3.8, 4) is 0 Å². The lowest BCUT2D eigenvalue weighted by atomic mass is 10.0. The van der Waals surface area contributed by atoms with Gasteiger partial charge in [-0.25, -0.2) is 8.78 Å². The van der Waals surface area contributed by atoms with Crippen molar-refractivity contribution in [2.24, 2.45) is 0 Å². The maximum atomic E-state index is 13.3. The van der Waals surface area contributed by atoms with Crippen LogP contribution in [0.3, 0.4) is 0 Å². The number of amides is 1. The van der Waals surface area contributed by atoms with E-state index in [4.69, 9.17) is 4.74 Å². The minimum absolute atomic E-state index is 0.0724. The fraction of sp³-hybridized carbons (Fsp3) is 0.154. The first-order chi connectivity index (χ1) is 9.52. The monoisotopic (exact) mass is 280 g/mol. The molecule has 1 aromatic heterocycles. The molecule has 104 valence electrons. The lowest BCUT2D eigenvalue weighted by Crippen LogP contribution is -2.23. The summed E-state index contributed by atoms with van der Waals surface area (Å²) in [5, 5.41) is 2.02. The van der Waals surface area contributed by atoms with E-state index in [1.165, 1.54) is 19.3 Å². The van der Waals surface area contributed by atoms with Gasteiger partial charge in [-0.05, 0) is 12.2 Å². The third-order valence-electron chi connectivity index (χ3n) is 2.67. The van der Waals surface area contributed by atoms with E-state index in [-0.39, 0.29) is 12.0 Å². The van der Waals surface area contributed by atoms with Crippen LogP contribution in [0.4, 0.5) is 14.5 Å². The third kappa shape index (κ3) is 2.71. The maximum Gasteiger partial charge on any atom is 0.259 e. The molecule has 5 nitrogen and oxygen atoms in total. The van der Waals surface area contributed by atoms with Crippen LogP contribution in [0, 0.1) is 11.6 Å². The molecule has 1 aliphatic carbocycles. The van der Waals surface area contributed by atoms with E-state index in [1.807, 2.05) is 5.32 Å². The molecule has 0 aromatic carbocycles. The molecule has 1 aliphatic rings. The first-order valence-corrected chi connectivity index (χ1v) is 5.61. The Kier molecular flexibility index (Phi) is 3.88. The summed E-state index contributed by atoms with van der Waals surface area (Å²) in [5.74, 6) is -3.00. The van der Waals surface area contributed by atoms with Gasteiger partial charge in [0, 0.05) is 0 Å². The van der Waals surface area contributed by atoms with Gasteiger partial charge < -0.3 is 10.1 Å². The first kappa shape index (κ1) is 13.9. The van der Waals surface area contributed by atoms with E-state index in [0.717, 1.165) is 12.4 Å². The number of pyridine rings is 1. The number of nitrogens with zero attached hydrogens (tertiary/aromatic N) is 1. The van der Waals surface area contributed by atoms with Crippen LogP contribution in [0.25, 0.3) is 0 Å². The van der Waals surface area contributed by atoms with E-state index in [1.54, 1.807) is 0 Å². The summed E-state index contributed by atoms with van der Waals surface area (Å²) >= 11 is 0. The molecule has 7 heteroatoms. The largest absolute Gasteiger partial charge is 0.501 e. The van der Waals surface area contributed by atoms with Crippen LogP contribution >= 0.6 is 0 Å². The predicted octanol–water partition coefficient (Wildman–Crippen LogP) is 1.73. The molecule has 0 radical (unpaired) electrons. The molecule has 0 unspecified atom stereocenters. The number of rotatable bonds is 3. The van der Waals surface area contributed by atoms with Gasteiger partial charge in [-0.3, -0.25) is 14.6 Å². The van der Waals surface area contributed by atoms with Gasteiger partial charge in [0.25, 0.3) is 5.91 Å². The molecule has 0 fully saturated rings. The van der Waals surface area contributed by atoms with Crippen LogP contribution in [0.15, 0.2) is 35.9 Å². The lowest BCUT2D eigenvalue weighted by molar-refractivity contribution is -0.120. The van der Waals surface area contributed by atoms with E-state index >= 15 is 0 Å². The van der Waals surface area contributed by atoms with Crippen molar-refractivity contribution in [3.63, 3.8) is 0 Å². The summed E-state index contributed by atoms with van der Waals surface area (Å²) in [6.07, 6.45) is 4.15. The second kappa shape index (κ2) is 5.60. The van der Waals surface area contributed by atoms with Gasteiger partial charge in [0.2, 0.25) is 0 Å². The van der Waals surface area contributed by atoms with E-state index < -0.39 is 29.0 Å². The molecule has 20 heavy (non-hydrogen) atoms. The van der Waals surface area contributed by atoms with Gasteiger partial charge in [-0.15, -0.1) is 0 Å². The Labute approximate surface area is 113 Å². The van der Waals surface area contributed by atoms with Crippen molar-refractivity contribution in [2.75, 3.05) is 12.4 Å². The van der Waals surface area contributed by atoms with Gasteiger partial charge in [0.15, 0.2) is 17.4 Å². The molecule has 2 rings (SSSR count). The molecular formula is C13H10F2N2O3. The smallest absolute Gasteiger partial charge is 0.259 e. The molecule has 1 aromatic rings. The fourth-order valence-electron chi connectivity index (χ4n) is 1.64. The summed E-state index contributed by atoms with van der Waals surface area (Å²) < 4.78 is 31.6. The molecular weight excluding hydrogens is 270 g/mol. The predicted molar refractivity (Wildman–Crippen MR) is 65.6 cm³/mol. The molecule has 1 heterocycles. The van der Waals surface area contributed by atoms with Gasteiger partial charge in [0.1, 0.15) is 11.4 Å². The second-order valence-electron chi connectivity index (χ2n) is 3.95. The molecule has 0 atom stereocenters. The summed E-state index contributed by atoms with van der Waals surface area (Å²) in [6.45, 7) is 0. The molecule has 0 aliphatic heterocycles. The zero-order valence-electron chi connectivity index (χ0n) is 10.4. The van der Waals surface area contributed by atoms with Gasteiger partial charge in [-0.1, -0.05) is 0 Å². The Morgan fingerprint density at radius 2 is 1.95 bits per heavy atom. The van der Waals surface area contributed by atoms with Gasteiger partial charge >= 0.3 is 0 Å². The van der Waals surface area contributed by atoms with Crippen LogP contribution in [-0.4, -0.2) is 23.8 Å². The highest BCUT2D eigenvalue weighted by Crippen LogP contribution is 2.20. The highest BCUT2D eigenvalue weighted by atomic mass is 19.1. The zero-order chi connectivity index (χ0) is 14.7. The average molecular weight is 280 g/mol. The number of nitrogens with one attached hydrogen (secondary N) is 1. The van der Waals surface area contributed by atoms with E-state index in [9.17, 15) is 18.4 Å². The fourth-order valence-corrected chi connectivity index (χ4v) is 1.64. The number of ketones is 1. The number of anilines is 1. The molecule has 0 bridgehead atoms.